The van der Waals surface area contributed by atoms with Crippen molar-refractivity contribution in [3.63, 3.8) is 0 Å². The van der Waals surface area contributed by atoms with Gasteiger partial charge in [-0.25, -0.2) is 9.79 Å². The van der Waals surface area contributed by atoms with Gasteiger partial charge in [-0.05, 0) is 17.5 Å². The Hall–Kier alpha value is -2.21. The standard InChI is InChI=1S/C17H25N3O3/c1-17(2,3)14(21)11-20(4)15(10-13(18)16(22)23)19-12-8-6-5-7-9-12/h5-9,14,18,21H,10-11H2,1-4H3,(H,22,23). The molecule has 1 aromatic carbocycles. The fourth-order valence-corrected chi connectivity index (χ4v) is 1.78. The van der Waals surface area contributed by atoms with Crippen LogP contribution >= 0.6 is 0 Å². The maximum atomic E-state index is 10.9. The molecule has 0 bridgehead atoms. The molecular formula is C17H25N3O3. The Kier molecular flexibility index (Phi) is 6.45. The highest BCUT2D eigenvalue weighted by atomic mass is 16.4. The second-order valence-corrected chi connectivity index (χ2v) is 6.59. The van der Waals surface area contributed by atoms with Crippen molar-refractivity contribution in [1.82, 2.24) is 4.90 Å². The number of hydrogen-bond donors (Lipinski definition) is 3. The molecule has 0 saturated heterocycles. The Balaban J connectivity index is 3.01. The maximum absolute atomic E-state index is 10.9. The number of amidine groups is 1. The summed E-state index contributed by atoms with van der Waals surface area (Å²) < 4.78 is 0. The van der Waals surface area contributed by atoms with Crippen molar-refractivity contribution >= 4 is 23.2 Å². The molecule has 23 heavy (non-hydrogen) atoms. The van der Waals surface area contributed by atoms with Crippen molar-refractivity contribution in [3.8, 4) is 0 Å². The van der Waals surface area contributed by atoms with Crippen LogP contribution < -0.4 is 0 Å². The molecular weight excluding hydrogens is 294 g/mol. The van der Waals surface area contributed by atoms with E-state index in [-0.39, 0.29) is 11.8 Å². The highest BCUT2D eigenvalue weighted by molar-refractivity contribution is 6.37. The first-order valence-corrected chi connectivity index (χ1v) is 7.43. The van der Waals surface area contributed by atoms with Gasteiger partial charge in [0.15, 0.2) is 0 Å². The molecule has 1 rings (SSSR count). The third kappa shape index (κ3) is 6.20. The van der Waals surface area contributed by atoms with E-state index in [9.17, 15) is 9.90 Å². The Morgan fingerprint density at radius 3 is 2.35 bits per heavy atom. The van der Waals surface area contributed by atoms with Crippen LogP contribution in [0, 0.1) is 10.8 Å². The maximum Gasteiger partial charge on any atom is 0.349 e. The monoisotopic (exact) mass is 319 g/mol. The van der Waals surface area contributed by atoms with Crippen LogP contribution in [0.4, 0.5) is 5.69 Å². The predicted octanol–water partition coefficient (Wildman–Crippen LogP) is 2.55. The van der Waals surface area contributed by atoms with Gasteiger partial charge in [-0.2, -0.15) is 0 Å². The molecule has 1 atom stereocenters. The molecule has 0 aromatic heterocycles. The van der Waals surface area contributed by atoms with E-state index in [4.69, 9.17) is 10.5 Å². The highest BCUT2D eigenvalue weighted by Crippen LogP contribution is 2.20. The van der Waals surface area contributed by atoms with E-state index in [0.29, 0.717) is 18.1 Å². The minimum atomic E-state index is -1.27. The van der Waals surface area contributed by atoms with Crippen LogP contribution in [-0.4, -0.2) is 52.3 Å². The topological polar surface area (TPSA) is 97.0 Å². The molecule has 0 saturated carbocycles. The van der Waals surface area contributed by atoms with E-state index >= 15 is 0 Å². The zero-order valence-corrected chi connectivity index (χ0v) is 14.1. The zero-order chi connectivity index (χ0) is 17.6. The summed E-state index contributed by atoms with van der Waals surface area (Å²) in [5, 5.41) is 26.8. The molecule has 0 radical (unpaired) electrons. The Morgan fingerprint density at radius 2 is 1.87 bits per heavy atom. The fraction of sp³-hybridized carbons (Fsp3) is 0.471. The van der Waals surface area contributed by atoms with Gasteiger partial charge in [0.25, 0.3) is 0 Å². The van der Waals surface area contributed by atoms with E-state index < -0.39 is 17.8 Å². The number of carbonyl (C=O) groups is 1. The number of carboxylic acid groups (broad SMARTS) is 1. The number of aliphatic hydroxyl groups excluding tert-OH is 1. The lowest BCUT2D eigenvalue weighted by Crippen LogP contribution is -2.41. The largest absolute Gasteiger partial charge is 0.477 e. The summed E-state index contributed by atoms with van der Waals surface area (Å²) in [6, 6.07) is 9.15. The molecule has 0 aliphatic carbocycles. The first-order valence-electron chi connectivity index (χ1n) is 7.43. The predicted molar refractivity (Wildman–Crippen MR) is 91.6 cm³/mol. The number of aliphatic hydroxyl groups is 1. The van der Waals surface area contributed by atoms with Crippen molar-refractivity contribution in [3.05, 3.63) is 30.3 Å². The minimum absolute atomic E-state index is 0.0996. The number of aliphatic carboxylic acids is 1. The Bertz CT molecular complexity index is 576. The number of likely N-dealkylation sites (N-methyl/N-ethyl adjacent to an activating group) is 1. The normalized spacial score (nSPS) is 13.5. The van der Waals surface area contributed by atoms with E-state index in [0.717, 1.165) is 0 Å². The van der Waals surface area contributed by atoms with Gasteiger partial charge in [-0.1, -0.05) is 39.0 Å². The summed E-state index contributed by atoms with van der Waals surface area (Å²) in [6.07, 6.45) is -0.704. The van der Waals surface area contributed by atoms with Crippen LogP contribution in [0.15, 0.2) is 35.3 Å². The first kappa shape index (κ1) is 18.8. The summed E-state index contributed by atoms with van der Waals surface area (Å²) in [5.74, 6) is -0.831. The van der Waals surface area contributed by atoms with Gasteiger partial charge in [0.05, 0.1) is 18.2 Å². The molecule has 0 aliphatic heterocycles. The first-order chi connectivity index (χ1) is 10.6. The number of hydrogen-bond acceptors (Lipinski definition) is 4. The average Bonchev–Trinajstić information content (AvgIpc) is 2.46. The van der Waals surface area contributed by atoms with Gasteiger partial charge < -0.3 is 15.1 Å². The quantitative estimate of drug-likeness (QED) is 0.554. The number of nitrogens with zero attached hydrogens (tertiary/aromatic N) is 2. The number of rotatable bonds is 6. The van der Waals surface area contributed by atoms with Crippen LogP contribution in [0.5, 0.6) is 0 Å². The summed E-state index contributed by atoms with van der Waals surface area (Å²) in [7, 11) is 1.74. The highest BCUT2D eigenvalue weighted by Gasteiger charge is 2.25. The van der Waals surface area contributed by atoms with Crippen molar-refractivity contribution < 1.29 is 15.0 Å². The van der Waals surface area contributed by atoms with Gasteiger partial charge in [0.1, 0.15) is 11.5 Å². The van der Waals surface area contributed by atoms with Gasteiger partial charge in [0.2, 0.25) is 0 Å². The van der Waals surface area contributed by atoms with Gasteiger partial charge in [-0.15, -0.1) is 0 Å². The number of benzene rings is 1. The van der Waals surface area contributed by atoms with Crippen LogP contribution in [0.25, 0.3) is 0 Å². The average molecular weight is 319 g/mol. The molecule has 6 nitrogen and oxygen atoms in total. The lowest BCUT2D eigenvalue weighted by Gasteiger charge is -2.31. The van der Waals surface area contributed by atoms with Crippen LogP contribution in [0.3, 0.4) is 0 Å². The van der Waals surface area contributed by atoms with Crippen molar-refractivity contribution in [2.24, 2.45) is 10.4 Å². The van der Waals surface area contributed by atoms with E-state index in [1.165, 1.54) is 0 Å². The van der Waals surface area contributed by atoms with Crippen LogP contribution in [0.2, 0.25) is 0 Å². The van der Waals surface area contributed by atoms with E-state index in [1.54, 1.807) is 24.1 Å². The van der Waals surface area contributed by atoms with Crippen LogP contribution in [0.1, 0.15) is 27.2 Å². The number of nitrogens with one attached hydrogen (secondary N) is 1. The summed E-state index contributed by atoms with van der Waals surface area (Å²) in [4.78, 5) is 17.1. The molecule has 0 spiro atoms. The Morgan fingerprint density at radius 1 is 1.30 bits per heavy atom. The summed E-state index contributed by atoms with van der Waals surface area (Å²) in [5.41, 5.74) is -0.0542. The minimum Gasteiger partial charge on any atom is -0.477 e. The lowest BCUT2D eigenvalue weighted by molar-refractivity contribution is -0.129. The number of carboxylic acids is 1. The zero-order valence-electron chi connectivity index (χ0n) is 14.1. The number of para-hydroxylation sites is 1. The summed E-state index contributed by atoms with van der Waals surface area (Å²) in [6.45, 7) is 6.10. The van der Waals surface area contributed by atoms with Crippen molar-refractivity contribution in [2.75, 3.05) is 13.6 Å². The van der Waals surface area contributed by atoms with E-state index in [2.05, 4.69) is 4.99 Å². The van der Waals surface area contributed by atoms with Crippen molar-refractivity contribution in [2.45, 2.75) is 33.3 Å². The van der Waals surface area contributed by atoms with Gasteiger partial charge in [-0.3, -0.25) is 5.41 Å². The molecule has 0 fully saturated rings. The second kappa shape index (κ2) is 7.87. The third-order valence-electron chi connectivity index (χ3n) is 3.49. The Labute approximate surface area is 137 Å². The van der Waals surface area contributed by atoms with Gasteiger partial charge in [0, 0.05) is 13.6 Å². The third-order valence-corrected chi connectivity index (χ3v) is 3.49. The SMILES string of the molecule is CN(CC(O)C(C)(C)C)C(CC(=N)C(=O)O)=Nc1ccccc1. The fourth-order valence-electron chi connectivity index (χ4n) is 1.78. The lowest BCUT2D eigenvalue weighted by atomic mass is 9.89. The molecule has 0 heterocycles. The smallest absolute Gasteiger partial charge is 0.349 e. The molecule has 0 aliphatic rings. The van der Waals surface area contributed by atoms with Gasteiger partial charge >= 0.3 is 5.97 Å². The molecule has 6 heteroatoms. The molecule has 126 valence electrons. The molecule has 0 amide bonds. The molecule has 3 N–H and O–H groups in total. The van der Waals surface area contributed by atoms with E-state index in [1.807, 2.05) is 39.0 Å². The van der Waals surface area contributed by atoms with Crippen molar-refractivity contribution in [1.29, 1.82) is 5.41 Å². The summed E-state index contributed by atoms with van der Waals surface area (Å²) >= 11 is 0. The van der Waals surface area contributed by atoms with Crippen LogP contribution in [-0.2, 0) is 4.79 Å². The molecule has 1 unspecified atom stereocenters. The second-order valence-electron chi connectivity index (χ2n) is 6.59. The molecule has 1 aromatic rings. The number of aliphatic imine (C=N–C) groups is 1.